The SMILES string of the molecule is CCCCC(C(=O)Cl)C(=O)C(CCCC)(CC(C)(C)C)Oc1ccccc1CC(C)(C)C. The molecule has 0 fully saturated rings. The van der Waals surface area contributed by atoms with Crippen molar-refractivity contribution >= 4 is 22.6 Å². The summed E-state index contributed by atoms with van der Waals surface area (Å²) in [6.45, 7) is 17.1. The quantitative estimate of drug-likeness (QED) is 0.218. The molecular weight excluding hydrogens is 420 g/mol. The first-order valence-corrected chi connectivity index (χ1v) is 12.6. The maximum absolute atomic E-state index is 14.1. The standard InChI is InChI=1S/C28H45ClO3/c1-9-11-16-22(25(29)31)24(30)28(18-12-10-2,20-27(6,7)8)32-23-17-14-13-15-21(23)19-26(3,4)5/h13-15,17,22H,9-12,16,18-20H2,1-8H3. The molecule has 32 heavy (non-hydrogen) atoms. The topological polar surface area (TPSA) is 43.4 Å². The molecule has 1 aromatic carbocycles. The van der Waals surface area contributed by atoms with E-state index in [1.165, 1.54) is 0 Å². The zero-order valence-electron chi connectivity index (χ0n) is 21.6. The Morgan fingerprint density at radius 1 is 0.938 bits per heavy atom. The molecule has 0 aromatic heterocycles. The number of hydrogen-bond donors (Lipinski definition) is 0. The fraction of sp³-hybridized carbons (Fsp3) is 0.714. The molecule has 0 radical (unpaired) electrons. The van der Waals surface area contributed by atoms with Crippen LogP contribution in [0.15, 0.2) is 24.3 Å². The van der Waals surface area contributed by atoms with Crippen LogP contribution in [-0.4, -0.2) is 16.6 Å². The summed E-state index contributed by atoms with van der Waals surface area (Å²) in [6, 6.07) is 8.00. The minimum atomic E-state index is -1.08. The lowest BCUT2D eigenvalue weighted by Crippen LogP contribution is -2.51. The van der Waals surface area contributed by atoms with Crippen LogP contribution < -0.4 is 4.74 Å². The number of Topliss-reactive ketones (excluding diaryl/α,β-unsaturated/α-hetero) is 1. The minimum absolute atomic E-state index is 0.0787. The van der Waals surface area contributed by atoms with E-state index in [0.29, 0.717) is 19.3 Å². The van der Waals surface area contributed by atoms with E-state index in [9.17, 15) is 9.59 Å². The third kappa shape index (κ3) is 9.25. The van der Waals surface area contributed by atoms with Gasteiger partial charge in [-0.3, -0.25) is 9.59 Å². The fourth-order valence-electron chi connectivity index (χ4n) is 4.36. The van der Waals surface area contributed by atoms with E-state index in [-0.39, 0.29) is 16.6 Å². The summed E-state index contributed by atoms with van der Waals surface area (Å²) in [5.74, 6) is -0.238. The molecule has 0 aliphatic carbocycles. The van der Waals surface area contributed by atoms with Crippen molar-refractivity contribution in [2.24, 2.45) is 16.7 Å². The van der Waals surface area contributed by atoms with Gasteiger partial charge in [0.15, 0.2) is 11.4 Å². The van der Waals surface area contributed by atoms with Crippen molar-refractivity contribution in [1.29, 1.82) is 0 Å². The molecule has 2 atom stereocenters. The summed E-state index contributed by atoms with van der Waals surface area (Å²) in [4.78, 5) is 26.4. The molecule has 0 aliphatic rings. The van der Waals surface area contributed by atoms with Gasteiger partial charge in [0.2, 0.25) is 5.24 Å². The second-order valence-electron chi connectivity index (χ2n) is 11.6. The molecule has 0 heterocycles. The van der Waals surface area contributed by atoms with Gasteiger partial charge in [0.25, 0.3) is 0 Å². The van der Waals surface area contributed by atoms with E-state index < -0.39 is 16.8 Å². The normalized spacial score (nSPS) is 15.2. The van der Waals surface area contributed by atoms with Crippen LogP contribution in [0.1, 0.15) is 106 Å². The molecule has 3 nitrogen and oxygen atoms in total. The van der Waals surface area contributed by atoms with Crippen LogP contribution >= 0.6 is 11.6 Å². The summed E-state index contributed by atoms with van der Waals surface area (Å²) < 4.78 is 6.77. The first-order chi connectivity index (χ1) is 14.7. The van der Waals surface area contributed by atoms with Crippen molar-refractivity contribution in [2.75, 3.05) is 0 Å². The number of unbranched alkanes of at least 4 members (excludes halogenated alkanes) is 2. The number of carbonyl (C=O) groups excluding carboxylic acids is 2. The van der Waals surface area contributed by atoms with Gasteiger partial charge in [0.05, 0.1) is 5.92 Å². The molecule has 0 spiro atoms. The monoisotopic (exact) mass is 464 g/mol. The van der Waals surface area contributed by atoms with Crippen molar-refractivity contribution in [1.82, 2.24) is 0 Å². The van der Waals surface area contributed by atoms with Gasteiger partial charge in [-0.25, -0.2) is 0 Å². The van der Waals surface area contributed by atoms with Crippen molar-refractivity contribution in [3.63, 3.8) is 0 Å². The van der Waals surface area contributed by atoms with Gasteiger partial charge in [-0.05, 0) is 66.2 Å². The molecule has 0 saturated heterocycles. The third-order valence-corrected chi connectivity index (χ3v) is 5.90. The maximum atomic E-state index is 14.1. The van der Waals surface area contributed by atoms with Gasteiger partial charge >= 0.3 is 0 Å². The Bertz CT molecular complexity index is 742. The van der Waals surface area contributed by atoms with Crippen LogP contribution in [-0.2, 0) is 16.0 Å². The summed E-state index contributed by atoms with van der Waals surface area (Å²) in [5.41, 5.74) is -0.0713. The Hall–Kier alpha value is -1.35. The molecule has 182 valence electrons. The lowest BCUT2D eigenvalue weighted by Gasteiger charge is -2.40. The summed E-state index contributed by atoms with van der Waals surface area (Å²) in [6.07, 6.45) is 5.92. The lowest BCUT2D eigenvalue weighted by atomic mass is 9.73. The van der Waals surface area contributed by atoms with Gasteiger partial charge < -0.3 is 4.74 Å². The van der Waals surface area contributed by atoms with E-state index in [2.05, 4.69) is 61.5 Å². The average molecular weight is 465 g/mol. The number of rotatable bonds is 13. The maximum Gasteiger partial charge on any atom is 0.232 e. The van der Waals surface area contributed by atoms with Gasteiger partial charge in [-0.15, -0.1) is 0 Å². The molecule has 0 aliphatic heterocycles. The number of halogens is 1. The number of ether oxygens (including phenoxy) is 1. The predicted molar refractivity (Wildman–Crippen MR) is 135 cm³/mol. The highest BCUT2D eigenvalue weighted by atomic mass is 35.5. The molecule has 1 aromatic rings. The molecule has 0 amide bonds. The number of ketones is 1. The van der Waals surface area contributed by atoms with Gasteiger partial charge in [-0.2, -0.15) is 0 Å². The Morgan fingerprint density at radius 3 is 2.03 bits per heavy atom. The zero-order valence-corrected chi connectivity index (χ0v) is 22.4. The van der Waals surface area contributed by atoms with Crippen molar-refractivity contribution in [3.05, 3.63) is 29.8 Å². The van der Waals surface area contributed by atoms with Crippen LogP contribution in [0, 0.1) is 16.7 Å². The number of para-hydroxylation sites is 1. The van der Waals surface area contributed by atoms with E-state index in [0.717, 1.165) is 43.4 Å². The van der Waals surface area contributed by atoms with Crippen LogP contribution in [0.5, 0.6) is 5.75 Å². The molecule has 0 bridgehead atoms. The van der Waals surface area contributed by atoms with E-state index in [1.807, 2.05) is 18.2 Å². The second-order valence-corrected chi connectivity index (χ2v) is 12.0. The highest BCUT2D eigenvalue weighted by Gasteiger charge is 2.48. The van der Waals surface area contributed by atoms with Gasteiger partial charge in [0.1, 0.15) is 5.75 Å². The molecular formula is C28H45ClO3. The number of carbonyl (C=O) groups is 2. The molecule has 1 rings (SSSR count). The Morgan fingerprint density at radius 2 is 1.53 bits per heavy atom. The predicted octanol–water partition coefficient (Wildman–Crippen LogP) is 8.16. The molecule has 0 N–H and O–H groups in total. The van der Waals surface area contributed by atoms with E-state index in [1.54, 1.807) is 0 Å². The Kier molecular flexibility index (Phi) is 10.9. The fourth-order valence-corrected chi connectivity index (χ4v) is 4.57. The van der Waals surface area contributed by atoms with Gasteiger partial charge in [-0.1, -0.05) is 92.9 Å². The zero-order chi connectivity index (χ0) is 24.6. The molecule has 2 unspecified atom stereocenters. The van der Waals surface area contributed by atoms with Crippen LogP contribution in [0.2, 0.25) is 0 Å². The van der Waals surface area contributed by atoms with Crippen LogP contribution in [0.4, 0.5) is 0 Å². The van der Waals surface area contributed by atoms with Crippen molar-refractivity contribution in [3.8, 4) is 5.75 Å². The number of benzene rings is 1. The third-order valence-electron chi connectivity index (χ3n) is 5.63. The molecule has 4 heteroatoms. The Balaban J connectivity index is 3.57. The van der Waals surface area contributed by atoms with E-state index >= 15 is 0 Å². The second kappa shape index (κ2) is 12.2. The summed E-state index contributed by atoms with van der Waals surface area (Å²) in [7, 11) is 0. The van der Waals surface area contributed by atoms with E-state index in [4.69, 9.17) is 16.3 Å². The first kappa shape index (κ1) is 28.7. The van der Waals surface area contributed by atoms with Crippen molar-refractivity contribution < 1.29 is 14.3 Å². The minimum Gasteiger partial charge on any atom is -0.479 e. The summed E-state index contributed by atoms with van der Waals surface area (Å²) >= 11 is 5.99. The number of hydrogen-bond acceptors (Lipinski definition) is 3. The first-order valence-electron chi connectivity index (χ1n) is 12.3. The highest BCUT2D eigenvalue weighted by molar-refractivity contribution is 6.65. The summed E-state index contributed by atoms with van der Waals surface area (Å²) in [5, 5.41) is -0.565. The average Bonchev–Trinajstić information content (AvgIpc) is 2.65. The van der Waals surface area contributed by atoms with Crippen molar-refractivity contribution in [2.45, 2.75) is 112 Å². The lowest BCUT2D eigenvalue weighted by molar-refractivity contribution is -0.145. The van der Waals surface area contributed by atoms with Gasteiger partial charge in [0, 0.05) is 0 Å². The van der Waals surface area contributed by atoms with Crippen LogP contribution in [0.3, 0.4) is 0 Å². The Labute approximate surface area is 201 Å². The molecule has 0 saturated carbocycles. The van der Waals surface area contributed by atoms with Crippen LogP contribution in [0.25, 0.3) is 0 Å². The smallest absolute Gasteiger partial charge is 0.232 e. The highest BCUT2D eigenvalue weighted by Crippen LogP contribution is 2.40. The largest absolute Gasteiger partial charge is 0.479 e.